The van der Waals surface area contributed by atoms with Crippen molar-refractivity contribution >= 4 is 22.6 Å². The molecule has 1 aliphatic carbocycles. The summed E-state index contributed by atoms with van der Waals surface area (Å²) in [4.78, 5) is 23.9. The first-order valence-corrected chi connectivity index (χ1v) is 12.1. The van der Waals surface area contributed by atoms with Crippen molar-refractivity contribution in [1.29, 1.82) is 0 Å². The van der Waals surface area contributed by atoms with E-state index in [1.165, 1.54) is 57.2 Å². The van der Waals surface area contributed by atoms with E-state index in [9.17, 15) is 19.1 Å². The molecule has 1 aromatic heterocycles. The molecule has 176 valence electrons. The number of hydrogen-bond acceptors (Lipinski definition) is 4. The fourth-order valence-corrected chi connectivity index (χ4v) is 4.22. The number of rotatable bonds is 15. The molecule has 2 aromatic rings. The van der Waals surface area contributed by atoms with Gasteiger partial charge in [0.25, 0.3) is 0 Å². The average Bonchev–Trinajstić information content (AvgIpc) is 3.60. The number of carbonyl (C=O) groups is 1. The van der Waals surface area contributed by atoms with E-state index in [-0.39, 0.29) is 17.0 Å². The van der Waals surface area contributed by atoms with Crippen LogP contribution in [0.25, 0.3) is 10.9 Å². The van der Waals surface area contributed by atoms with E-state index < -0.39 is 17.2 Å². The van der Waals surface area contributed by atoms with Gasteiger partial charge >= 0.3 is 5.97 Å². The Bertz CT molecular complexity index is 969. The third kappa shape index (κ3) is 6.55. The summed E-state index contributed by atoms with van der Waals surface area (Å²) in [5.74, 6) is -1.80. The second-order valence-electron chi connectivity index (χ2n) is 8.92. The lowest BCUT2D eigenvalue weighted by Crippen LogP contribution is -2.19. The Labute approximate surface area is 189 Å². The number of unbranched alkanes of at least 4 members (excludes halogenated alkanes) is 9. The number of nitrogens with two attached hydrogens (primary N) is 1. The number of halogens is 1. The van der Waals surface area contributed by atoms with Crippen LogP contribution in [0.2, 0.25) is 0 Å². The van der Waals surface area contributed by atoms with Crippen LogP contribution in [-0.2, 0) is 0 Å². The summed E-state index contributed by atoms with van der Waals surface area (Å²) in [7, 11) is 0. The predicted molar refractivity (Wildman–Crippen MR) is 127 cm³/mol. The zero-order valence-corrected chi connectivity index (χ0v) is 18.9. The molecule has 1 aliphatic rings. The molecule has 0 radical (unpaired) electrons. The van der Waals surface area contributed by atoms with Crippen LogP contribution in [0.1, 0.15) is 93.4 Å². The molecule has 3 rings (SSSR count). The maximum atomic E-state index is 14.6. The number of fused-ring (bicyclic) bond motifs is 1. The maximum Gasteiger partial charge on any atom is 0.341 e. The van der Waals surface area contributed by atoms with Crippen molar-refractivity contribution in [2.45, 2.75) is 83.1 Å². The molecule has 0 atom stereocenters. The van der Waals surface area contributed by atoms with Crippen LogP contribution in [0.5, 0.6) is 0 Å². The number of anilines is 1. The number of nitrogens with zero attached hydrogens (tertiary/aromatic N) is 1. The van der Waals surface area contributed by atoms with Crippen LogP contribution >= 0.6 is 0 Å². The Hall–Kier alpha value is -2.41. The van der Waals surface area contributed by atoms with Crippen LogP contribution < -0.4 is 16.5 Å². The Morgan fingerprint density at radius 3 is 2.19 bits per heavy atom. The van der Waals surface area contributed by atoms with Crippen LogP contribution in [0.3, 0.4) is 0 Å². The Morgan fingerprint density at radius 2 is 1.62 bits per heavy atom. The first kappa shape index (κ1) is 24.2. The highest BCUT2D eigenvalue weighted by molar-refractivity contribution is 5.93. The van der Waals surface area contributed by atoms with Crippen molar-refractivity contribution < 1.29 is 14.3 Å². The minimum absolute atomic E-state index is 0.128. The Kier molecular flexibility index (Phi) is 9.09. The summed E-state index contributed by atoms with van der Waals surface area (Å²) in [6.45, 7) is 1.46. The van der Waals surface area contributed by atoms with E-state index in [4.69, 9.17) is 5.73 Å². The molecular formula is C25H36FN3O3. The molecule has 4 N–H and O–H groups in total. The van der Waals surface area contributed by atoms with Gasteiger partial charge in [-0.15, -0.1) is 0 Å². The van der Waals surface area contributed by atoms with Crippen molar-refractivity contribution in [3.8, 4) is 0 Å². The fraction of sp³-hybridized carbons (Fsp3) is 0.600. The van der Waals surface area contributed by atoms with E-state index in [2.05, 4.69) is 5.32 Å². The molecule has 1 fully saturated rings. The second-order valence-corrected chi connectivity index (χ2v) is 8.92. The molecule has 0 amide bonds. The lowest BCUT2D eigenvalue weighted by Gasteiger charge is -2.14. The Balaban J connectivity index is 1.49. The number of benzene rings is 1. The molecule has 0 spiro atoms. The maximum absolute atomic E-state index is 14.6. The van der Waals surface area contributed by atoms with E-state index in [1.54, 1.807) is 6.07 Å². The topological polar surface area (TPSA) is 97.3 Å². The molecule has 0 unspecified atom stereocenters. The van der Waals surface area contributed by atoms with Gasteiger partial charge in [-0.05, 0) is 44.4 Å². The molecule has 7 heteroatoms. The smallest absolute Gasteiger partial charge is 0.341 e. The quantitative estimate of drug-likeness (QED) is 0.317. The van der Waals surface area contributed by atoms with Gasteiger partial charge in [0.2, 0.25) is 5.43 Å². The van der Waals surface area contributed by atoms with E-state index in [0.717, 1.165) is 38.6 Å². The average molecular weight is 446 g/mol. The molecule has 0 saturated heterocycles. The van der Waals surface area contributed by atoms with Crippen molar-refractivity contribution in [3.05, 3.63) is 39.9 Å². The van der Waals surface area contributed by atoms with Gasteiger partial charge in [0.05, 0.1) is 11.2 Å². The minimum atomic E-state index is -1.28. The summed E-state index contributed by atoms with van der Waals surface area (Å²) >= 11 is 0. The summed E-state index contributed by atoms with van der Waals surface area (Å²) < 4.78 is 16.5. The number of aromatic carboxylic acids is 1. The zero-order chi connectivity index (χ0) is 22.9. The van der Waals surface area contributed by atoms with Gasteiger partial charge in [0.15, 0.2) is 0 Å². The SMILES string of the molecule is NCCCCCCCCCCCCNc1cc2c(cc1F)c(=O)c(C(=O)O)cn2C1CC1. The summed E-state index contributed by atoms with van der Waals surface area (Å²) in [6, 6.07) is 3.01. The first-order chi connectivity index (χ1) is 15.5. The van der Waals surface area contributed by atoms with Gasteiger partial charge < -0.3 is 20.7 Å². The number of aromatic nitrogens is 1. The van der Waals surface area contributed by atoms with E-state index in [1.807, 2.05) is 4.57 Å². The molecule has 1 heterocycles. The number of carboxylic acid groups (broad SMARTS) is 1. The normalized spacial score (nSPS) is 13.6. The van der Waals surface area contributed by atoms with Gasteiger partial charge in [0.1, 0.15) is 11.4 Å². The zero-order valence-electron chi connectivity index (χ0n) is 18.9. The van der Waals surface area contributed by atoms with Crippen LogP contribution in [-0.4, -0.2) is 28.7 Å². The van der Waals surface area contributed by atoms with Crippen LogP contribution in [0.4, 0.5) is 10.1 Å². The number of nitrogens with one attached hydrogen (secondary N) is 1. The minimum Gasteiger partial charge on any atom is -0.477 e. The molecule has 6 nitrogen and oxygen atoms in total. The largest absolute Gasteiger partial charge is 0.477 e. The first-order valence-electron chi connectivity index (χ1n) is 12.1. The van der Waals surface area contributed by atoms with Gasteiger partial charge in [-0.25, -0.2) is 9.18 Å². The summed E-state index contributed by atoms with van der Waals surface area (Å²) in [5, 5.41) is 12.6. The van der Waals surface area contributed by atoms with Crippen LogP contribution in [0, 0.1) is 5.82 Å². The number of pyridine rings is 1. The van der Waals surface area contributed by atoms with Crippen molar-refractivity contribution in [2.75, 3.05) is 18.4 Å². The van der Waals surface area contributed by atoms with Gasteiger partial charge in [-0.2, -0.15) is 0 Å². The van der Waals surface area contributed by atoms with Crippen molar-refractivity contribution in [1.82, 2.24) is 4.57 Å². The highest BCUT2D eigenvalue weighted by Crippen LogP contribution is 2.37. The summed E-state index contributed by atoms with van der Waals surface area (Å²) in [6.07, 6.45) is 15.3. The third-order valence-electron chi connectivity index (χ3n) is 6.24. The molecule has 1 saturated carbocycles. The molecular weight excluding hydrogens is 409 g/mol. The lowest BCUT2D eigenvalue weighted by atomic mass is 10.1. The fourth-order valence-electron chi connectivity index (χ4n) is 4.22. The third-order valence-corrected chi connectivity index (χ3v) is 6.24. The van der Waals surface area contributed by atoms with Crippen molar-refractivity contribution in [3.63, 3.8) is 0 Å². The highest BCUT2D eigenvalue weighted by Gasteiger charge is 2.27. The molecule has 32 heavy (non-hydrogen) atoms. The second kappa shape index (κ2) is 12.0. The predicted octanol–water partition coefficient (Wildman–Crippen LogP) is 5.45. The van der Waals surface area contributed by atoms with Crippen LogP contribution in [0.15, 0.2) is 23.1 Å². The monoisotopic (exact) mass is 445 g/mol. The number of carboxylic acids is 1. The number of hydrogen-bond donors (Lipinski definition) is 3. The highest BCUT2D eigenvalue weighted by atomic mass is 19.1. The molecule has 0 bridgehead atoms. The standard InChI is InChI=1S/C25H36FN3O3/c26-21-15-19-23(29(18-11-12-18)17-20(24(19)30)25(31)32)16-22(21)28-14-10-8-6-4-2-1-3-5-7-9-13-27/h15-18,28H,1-14,27H2,(H,31,32). The lowest BCUT2D eigenvalue weighted by molar-refractivity contribution is 0.0695. The molecule has 0 aliphatic heterocycles. The molecule has 1 aromatic carbocycles. The van der Waals surface area contributed by atoms with E-state index in [0.29, 0.717) is 17.7 Å². The van der Waals surface area contributed by atoms with Gasteiger partial charge in [-0.1, -0.05) is 51.4 Å². The van der Waals surface area contributed by atoms with E-state index >= 15 is 0 Å². The summed E-state index contributed by atoms with van der Waals surface area (Å²) in [5.41, 5.74) is 5.53. The Morgan fingerprint density at radius 1 is 1.03 bits per heavy atom. The van der Waals surface area contributed by atoms with Crippen molar-refractivity contribution in [2.24, 2.45) is 5.73 Å². The van der Waals surface area contributed by atoms with Gasteiger partial charge in [-0.3, -0.25) is 4.79 Å². The van der Waals surface area contributed by atoms with Gasteiger partial charge in [0, 0.05) is 24.2 Å².